The summed E-state index contributed by atoms with van der Waals surface area (Å²) in [6.45, 7) is 10.8. The van der Waals surface area contributed by atoms with Gasteiger partial charge in [0.1, 0.15) is 16.8 Å². The zero-order chi connectivity index (χ0) is 20.2. The third-order valence-corrected chi connectivity index (χ3v) is 3.41. The van der Waals surface area contributed by atoms with Crippen LogP contribution in [0.1, 0.15) is 60.8 Å². The molecule has 1 aliphatic heterocycles. The molecule has 0 spiro atoms. The number of nitrogens with zero attached hydrogens (tertiary/aromatic N) is 1. The van der Waals surface area contributed by atoms with Crippen LogP contribution in [0.4, 0.5) is 9.59 Å². The lowest BCUT2D eigenvalue weighted by Gasteiger charge is -2.41. The highest BCUT2D eigenvalue weighted by molar-refractivity contribution is 5.71. The van der Waals surface area contributed by atoms with Gasteiger partial charge in [-0.15, -0.1) is 0 Å². The highest BCUT2D eigenvalue weighted by atomic mass is 16.7. The minimum absolute atomic E-state index is 0.00991. The van der Waals surface area contributed by atoms with Gasteiger partial charge in [0.25, 0.3) is 0 Å². The van der Waals surface area contributed by atoms with Gasteiger partial charge in [-0.25, -0.2) is 9.59 Å². The number of nitrogens with one attached hydrogen (secondary N) is 1. The molecule has 26 heavy (non-hydrogen) atoms. The lowest BCUT2D eigenvalue weighted by atomic mass is 9.89. The summed E-state index contributed by atoms with van der Waals surface area (Å²) >= 11 is 0. The van der Waals surface area contributed by atoms with Crippen LogP contribution in [-0.4, -0.2) is 58.1 Å². The first-order valence-corrected chi connectivity index (χ1v) is 8.58. The Morgan fingerprint density at radius 2 is 1.65 bits per heavy atom. The van der Waals surface area contributed by atoms with Crippen molar-refractivity contribution >= 4 is 18.2 Å². The number of carboxylic acids is 1. The topological polar surface area (TPSA) is 114 Å². The van der Waals surface area contributed by atoms with Crippen LogP contribution in [0.25, 0.3) is 0 Å². The Morgan fingerprint density at radius 3 is 2.15 bits per heavy atom. The molecule has 1 aliphatic rings. The van der Waals surface area contributed by atoms with Gasteiger partial charge in [0.15, 0.2) is 0 Å². The third-order valence-electron chi connectivity index (χ3n) is 3.41. The first-order valence-electron chi connectivity index (χ1n) is 8.58. The smallest absolute Gasteiger partial charge is 0.431 e. The van der Waals surface area contributed by atoms with Gasteiger partial charge in [-0.2, -0.15) is 5.48 Å². The summed E-state index contributed by atoms with van der Waals surface area (Å²) in [4.78, 5) is 42.3. The van der Waals surface area contributed by atoms with E-state index in [1.165, 1.54) is 4.90 Å². The van der Waals surface area contributed by atoms with Crippen molar-refractivity contribution in [2.45, 2.75) is 77.6 Å². The fraction of sp³-hybridized carbons (Fsp3) is 0.824. The molecule has 1 fully saturated rings. The van der Waals surface area contributed by atoms with E-state index in [1.807, 2.05) is 0 Å². The molecule has 1 rings (SSSR count). The average molecular weight is 374 g/mol. The van der Waals surface area contributed by atoms with Crippen LogP contribution in [0.5, 0.6) is 0 Å². The maximum Gasteiger partial charge on any atom is 0.431 e. The molecule has 2 N–H and O–H groups in total. The molecule has 9 heteroatoms. The van der Waals surface area contributed by atoms with Crippen LogP contribution in [-0.2, 0) is 19.1 Å². The Bertz CT molecular complexity index is 536. The van der Waals surface area contributed by atoms with E-state index in [0.29, 0.717) is 19.4 Å². The standard InChI is InChI=1S/C17H30N2O7/c1-15(2,3)24-13(22)18-26-17(10-12(20)21)8-7-9-19(11-17)14(23)25-16(4,5)6/h7-11H2,1-6H3,(H,18,22)(H,20,21). The number of hydrogen-bond donors (Lipinski definition) is 2. The van der Waals surface area contributed by atoms with Gasteiger partial charge in [-0.05, 0) is 54.4 Å². The molecular formula is C17H30N2O7. The van der Waals surface area contributed by atoms with Gasteiger partial charge < -0.3 is 19.5 Å². The second-order valence-corrected chi connectivity index (χ2v) is 8.46. The first-order chi connectivity index (χ1) is 11.7. The first kappa shape index (κ1) is 22.0. The van der Waals surface area contributed by atoms with Crippen molar-refractivity contribution in [1.82, 2.24) is 10.4 Å². The van der Waals surface area contributed by atoms with E-state index < -0.39 is 35.0 Å². The zero-order valence-electron chi connectivity index (χ0n) is 16.4. The monoisotopic (exact) mass is 374 g/mol. The Labute approximate surface area is 153 Å². The third kappa shape index (κ3) is 7.90. The molecule has 1 unspecified atom stereocenters. The molecule has 1 heterocycles. The SMILES string of the molecule is CC(C)(C)OC(=O)NOC1(CC(=O)O)CCCN(C(=O)OC(C)(C)C)C1. The van der Waals surface area contributed by atoms with Crippen molar-refractivity contribution in [3.05, 3.63) is 0 Å². The highest BCUT2D eigenvalue weighted by Crippen LogP contribution is 2.29. The van der Waals surface area contributed by atoms with Crippen LogP contribution < -0.4 is 5.48 Å². The Hall–Kier alpha value is -2.03. The number of aliphatic carboxylic acids is 1. The van der Waals surface area contributed by atoms with Crippen LogP contribution in [0.2, 0.25) is 0 Å². The number of rotatable bonds is 4. The molecule has 0 radical (unpaired) electrons. The Kier molecular flexibility index (Phi) is 6.87. The number of amides is 2. The molecule has 0 bridgehead atoms. The molecule has 2 amide bonds. The van der Waals surface area contributed by atoms with E-state index in [0.717, 1.165) is 0 Å². The van der Waals surface area contributed by atoms with Crippen molar-refractivity contribution in [3.63, 3.8) is 0 Å². The molecule has 0 aliphatic carbocycles. The number of carboxylic acid groups (broad SMARTS) is 1. The number of carbonyl (C=O) groups is 3. The van der Waals surface area contributed by atoms with Crippen molar-refractivity contribution in [3.8, 4) is 0 Å². The summed E-state index contributed by atoms with van der Waals surface area (Å²) in [7, 11) is 0. The molecular weight excluding hydrogens is 344 g/mol. The van der Waals surface area contributed by atoms with Crippen molar-refractivity contribution in [2.75, 3.05) is 13.1 Å². The lowest BCUT2D eigenvalue weighted by Crippen LogP contribution is -2.56. The fourth-order valence-electron chi connectivity index (χ4n) is 2.57. The van der Waals surface area contributed by atoms with E-state index in [9.17, 15) is 19.5 Å². The summed E-state index contributed by atoms with van der Waals surface area (Å²) in [5.41, 5.74) is -0.479. The summed E-state index contributed by atoms with van der Waals surface area (Å²) in [5.74, 6) is -1.10. The van der Waals surface area contributed by atoms with Crippen molar-refractivity contribution < 1.29 is 33.8 Å². The number of piperidine rings is 1. The number of carbonyl (C=O) groups excluding carboxylic acids is 2. The largest absolute Gasteiger partial charge is 0.481 e. The normalized spacial score (nSPS) is 21.1. The lowest BCUT2D eigenvalue weighted by molar-refractivity contribution is -0.162. The second-order valence-electron chi connectivity index (χ2n) is 8.46. The predicted molar refractivity (Wildman–Crippen MR) is 92.5 cm³/mol. The summed E-state index contributed by atoms with van der Waals surface area (Å²) in [6.07, 6.45) is -0.858. The van der Waals surface area contributed by atoms with Gasteiger partial charge in [-0.3, -0.25) is 9.63 Å². The molecule has 9 nitrogen and oxygen atoms in total. The molecule has 1 saturated heterocycles. The van der Waals surface area contributed by atoms with Crippen LogP contribution in [0, 0.1) is 0 Å². The molecule has 0 aromatic carbocycles. The van der Waals surface area contributed by atoms with E-state index >= 15 is 0 Å². The number of ether oxygens (including phenoxy) is 2. The molecule has 0 aromatic rings. The van der Waals surface area contributed by atoms with Gasteiger partial charge in [0, 0.05) is 6.54 Å². The maximum absolute atomic E-state index is 12.3. The second kappa shape index (κ2) is 8.11. The van der Waals surface area contributed by atoms with E-state index in [2.05, 4.69) is 5.48 Å². The van der Waals surface area contributed by atoms with Gasteiger partial charge in [0.05, 0.1) is 13.0 Å². The Balaban J connectivity index is 2.82. The quantitative estimate of drug-likeness (QED) is 0.727. The average Bonchev–Trinajstić information content (AvgIpc) is 2.41. The summed E-state index contributed by atoms with van der Waals surface area (Å²) in [6, 6.07) is 0. The maximum atomic E-state index is 12.3. The zero-order valence-corrected chi connectivity index (χ0v) is 16.4. The molecule has 1 atom stereocenters. The minimum Gasteiger partial charge on any atom is -0.481 e. The van der Waals surface area contributed by atoms with E-state index in [1.54, 1.807) is 41.5 Å². The van der Waals surface area contributed by atoms with Gasteiger partial charge >= 0.3 is 18.2 Å². The van der Waals surface area contributed by atoms with E-state index in [-0.39, 0.29) is 13.0 Å². The van der Waals surface area contributed by atoms with Crippen LogP contribution in [0.15, 0.2) is 0 Å². The molecule has 150 valence electrons. The van der Waals surface area contributed by atoms with Crippen molar-refractivity contribution in [1.29, 1.82) is 0 Å². The van der Waals surface area contributed by atoms with Gasteiger partial charge in [0.2, 0.25) is 0 Å². The fourth-order valence-corrected chi connectivity index (χ4v) is 2.57. The summed E-state index contributed by atoms with van der Waals surface area (Å²) in [5, 5.41) is 9.24. The van der Waals surface area contributed by atoms with Crippen molar-refractivity contribution in [2.24, 2.45) is 0 Å². The van der Waals surface area contributed by atoms with Gasteiger partial charge in [-0.1, -0.05) is 0 Å². The predicted octanol–water partition coefficient (Wildman–Crippen LogP) is 2.69. The number of hydroxylamine groups is 1. The minimum atomic E-state index is -1.25. The van der Waals surface area contributed by atoms with Crippen LogP contribution >= 0.6 is 0 Å². The number of likely N-dealkylation sites (tertiary alicyclic amines) is 1. The summed E-state index contributed by atoms with van der Waals surface area (Å²) < 4.78 is 10.4. The number of hydrogen-bond acceptors (Lipinski definition) is 6. The Morgan fingerprint density at radius 1 is 1.08 bits per heavy atom. The molecule has 0 aromatic heterocycles. The molecule has 0 saturated carbocycles. The highest BCUT2D eigenvalue weighted by Gasteiger charge is 2.42. The van der Waals surface area contributed by atoms with E-state index in [4.69, 9.17) is 14.3 Å². The van der Waals surface area contributed by atoms with Crippen LogP contribution in [0.3, 0.4) is 0 Å².